The van der Waals surface area contributed by atoms with Gasteiger partial charge in [-0.1, -0.05) is 30.7 Å². The van der Waals surface area contributed by atoms with Gasteiger partial charge in [0, 0.05) is 21.1 Å². The van der Waals surface area contributed by atoms with Crippen LogP contribution >= 0.6 is 35.3 Å². The summed E-state index contributed by atoms with van der Waals surface area (Å²) in [6.45, 7) is 0. The van der Waals surface area contributed by atoms with Crippen molar-refractivity contribution >= 4 is 68.7 Å². The number of ether oxygens (including phenoxy) is 1. The maximum Gasteiger partial charge on any atom is 0.341 e. The van der Waals surface area contributed by atoms with E-state index in [9.17, 15) is 9.59 Å². The second-order valence-electron chi connectivity index (χ2n) is 8.07. The maximum atomic E-state index is 12.8. The van der Waals surface area contributed by atoms with Crippen molar-refractivity contribution in [3.8, 4) is 0 Å². The highest BCUT2D eigenvalue weighted by atomic mass is 32.2. The minimum Gasteiger partial charge on any atom is -0.465 e. The summed E-state index contributed by atoms with van der Waals surface area (Å²) in [4.78, 5) is 27.4. The van der Waals surface area contributed by atoms with E-state index in [4.69, 9.17) is 17.0 Å². The first-order valence-electron chi connectivity index (χ1n) is 11.4. The molecule has 182 valence electrons. The molecule has 0 saturated carbocycles. The Bertz CT molecular complexity index is 1210. The van der Waals surface area contributed by atoms with Gasteiger partial charge < -0.3 is 20.7 Å². The molecule has 2 aromatic carbocycles. The summed E-state index contributed by atoms with van der Waals surface area (Å²) in [5.41, 5.74) is 3.31. The van der Waals surface area contributed by atoms with Crippen LogP contribution in [0.5, 0.6) is 0 Å². The van der Waals surface area contributed by atoms with E-state index in [1.807, 2.05) is 54.6 Å². The van der Waals surface area contributed by atoms with Crippen molar-refractivity contribution in [1.82, 2.24) is 0 Å². The normalized spacial score (nSPS) is 12.7. The summed E-state index contributed by atoms with van der Waals surface area (Å²) >= 11 is 8.33. The van der Waals surface area contributed by atoms with Gasteiger partial charge in [-0.05, 0) is 73.8 Å². The number of amides is 1. The van der Waals surface area contributed by atoms with Crippen LogP contribution in [-0.4, -0.2) is 29.9 Å². The number of rotatable bonds is 7. The molecule has 9 heteroatoms. The molecule has 0 aliphatic heterocycles. The van der Waals surface area contributed by atoms with Gasteiger partial charge in [0.05, 0.1) is 18.4 Å². The van der Waals surface area contributed by atoms with E-state index >= 15 is 0 Å². The lowest BCUT2D eigenvalue weighted by Gasteiger charge is -2.11. The van der Waals surface area contributed by atoms with Crippen LogP contribution in [0.25, 0.3) is 0 Å². The highest BCUT2D eigenvalue weighted by molar-refractivity contribution is 8.00. The van der Waals surface area contributed by atoms with Gasteiger partial charge in [0.25, 0.3) is 0 Å². The predicted octanol–water partition coefficient (Wildman–Crippen LogP) is 6.34. The van der Waals surface area contributed by atoms with Crippen molar-refractivity contribution in [2.24, 2.45) is 0 Å². The first kappa shape index (κ1) is 25.2. The molecule has 35 heavy (non-hydrogen) atoms. The fraction of sp³-hybridized carbons (Fsp3) is 0.269. The Morgan fingerprint density at radius 1 is 0.971 bits per heavy atom. The van der Waals surface area contributed by atoms with Crippen molar-refractivity contribution in [1.29, 1.82) is 0 Å². The number of hydrogen-bond acceptors (Lipinski definition) is 6. The van der Waals surface area contributed by atoms with Gasteiger partial charge >= 0.3 is 5.97 Å². The first-order valence-corrected chi connectivity index (χ1v) is 13.6. The molecule has 6 nitrogen and oxygen atoms in total. The van der Waals surface area contributed by atoms with Gasteiger partial charge in [0.1, 0.15) is 5.00 Å². The summed E-state index contributed by atoms with van der Waals surface area (Å²) in [5, 5.41) is 10.4. The van der Waals surface area contributed by atoms with Crippen LogP contribution in [0.1, 0.15) is 40.1 Å². The van der Waals surface area contributed by atoms with Crippen LogP contribution in [0.3, 0.4) is 0 Å². The van der Waals surface area contributed by atoms with Crippen molar-refractivity contribution in [2.75, 3.05) is 28.8 Å². The molecule has 3 N–H and O–H groups in total. The summed E-state index contributed by atoms with van der Waals surface area (Å²) < 4.78 is 5.02. The molecule has 4 rings (SSSR count). The quantitative estimate of drug-likeness (QED) is 0.144. The number of carbonyl (C=O) groups excluding carboxylic acids is 2. The van der Waals surface area contributed by atoms with E-state index in [1.165, 1.54) is 35.1 Å². The minimum atomic E-state index is -0.383. The number of thioether (sulfide) groups is 1. The number of para-hydroxylation sites is 1. The van der Waals surface area contributed by atoms with Gasteiger partial charge in [-0.25, -0.2) is 4.79 Å². The van der Waals surface area contributed by atoms with E-state index in [0.717, 1.165) is 53.9 Å². The Balaban J connectivity index is 1.36. The Morgan fingerprint density at radius 3 is 2.51 bits per heavy atom. The Kier molecular flexibility index (Phi) is 8.79. The van der Waals surface area contributed by atoms with Crippen molar-refractivity contribution in [3.63, 3.8) is 0 Å². The molecule has 1 heterocycles. The molecular formula is C26H27N3O3S3. The Hall–Kier alpha value is -2.88. The van der Waals surface area contributed by atoms with Crippen LogP contribution in [0.15, 0.2) is 59.5 Å². The third kappa shape index (κ3) is 6.84. The zero-order valence-electron chi connectivity index (χ0n) is 19.4. The zero-order valence-corrected chi connectivity index (χ0v) is 21.8. The van der Waals surface area contributed by atoms with Crippen LogP contribution in [-0.2, 0) is 22.4 Å². The first-order chi connectivity index (χ1) is 17.0. The van der Waals surface area contributed by atoms with E-state index < -0.39 is 0 Å². The number of fused-ring (bicyclic) bond motifs is 1. The number of benzene rings is 2. The molecule has 0 radical (unpaired) electrons. The molecule has 0 fully saturated rings. The molecule has 1 aliphatic rings. The highest BCUT2D eigenvalue weighted by Crippen LogP contribution is 2.38. The molecule has 0 unspecified atom stereocenters. The fourth-order valence-electron chi connectivity index (χ4n) is 3.94. The number of hydrogen-bond donors (Lipinski definition) is 3. The number of aryl methyl sites for hydroxylation is 1. The van der Waals surface area contributed by atoms with Gasteiger partial charge in [0.15, 0.2) is 5.11 Å². The van der Waals surface area contributed by atoms with Gasteiger partial charge in [-0.15, -0.1) is 23.1 Å². The minimum absolute atomic E-state index is 0.156. The lowest BCUT2D eigenvalue weighted by Crippen LogP contribution is -2.19. The standard InChI is InChI=1S/C26H27N3O3S3/c1-32-25(31)23-20-13-6-3-7-14-21(20)35-24(23)29-22(30)16-34-19-12-8-11-18(15-19)28-26(33)27-17-9-4-2-5-10-17/h2,4-5,8-12,15H,3,6-7,13-14,16H2,1H3,(H,29,30)(H2,27,28,33). The summed E-state index contributed by atoms with van der Waals surface area (Å²) in [6, 6.07) is 17.4. The van der Waals surface area contributed by atoms with Gasteiger partial charge in [0.2, 0.25) is 5.91 Å². The van der Waals surface area contributed by atoms with Crippen molar-refractivity contribution in [3.05, 3.63) is 70.6 Å². The third-order valence-corrected chi connectivity index (χ3v) is 7.96. The molecule has 0 atom stereocenters. The van der Waals surface area contributed by atoms with Crippen LogP contribution in [0, 0.1) is 0 Å². The summed E-state index contributed by atoms with van der Waals surface area (Å²) in [5.74, 6) is -0.318. The smallest absolute Gasteiger partial charge is 0.341 e. The molecule has 0 bridgehead atoms. The second kappa shape index (κ2) is 12.2. The van der Waals surface area contributed by atoms with Crippen molar-refractivity contribution in [2.45, 2.75) is 37.0 Å². The van der Waals surface area contributed by atoms with E-state index in [0.29, 0.717) is 15.7 Å². The molecule has 1 aliphatic carbocycles. The van der Waals surface area contributed by atoms with Crippen LogP contribution in [0.4, 0.5) is 16.4 Å². The number of nitrogens with one attached hydrogen (secondary N) is 3. The average Bonchev–Trinajstić information content (AvgIpc) is 3.02. The van der Waals surface area contributed by atoms with E-state index in [2.05, 4.69) is 16.0 Å². The maximum absolute atomic E-state index is 12.8. The number of thiocarbonyl (C=S) groups is 1. The molecule has 1 aromatic heterocycles. The lowest BCUT2D eigenvalue weighted by atomic mass is 10.1. The SMILES string of the molecule is COC(=O)c1c(NC(=O)CSc2cccc(NC(=S)Nc3ccccc3)c2)sc2c1CCCCC2. The van der Waals surface area contributed by atoms with Gasteiger partial charge in [-0.2, -0.15) is 0 Å². The molecule has 0 saturated heterocycles. The topological polar surface area (TPSA) is 79.5 Å². The molecule has 3 aromatic rings. The number of thiophene rings is 1. The number of esters is 1. The molecular weight excluding hydrogens is 499 g/mol. The number of methoxy groups -OCH3 is 1. The largest absolute Gasteiger partial charge is 0.465 e. The fourth-order valence-corrected chi connectivity index (χ4v) is 6.22. The summed E-state index contributed by atoms with van der Waals surface area (Å²) in [6.07, 6.45) is 5.09. The van der Waals surface area contributed by atoms with Gasteiger partial charge in [-0.3, -0.25) is 4.79 Å². The predicted molar refractivity (Wildman–Crippen MR) is 149 cm³/mol. The molecule has 1 amide bonds. The molecule has 0 spiro atoms. The zero-order chi connectivity index (χ0) is 24.6. The van der Waals surface area contributed by atoms with Crippen LogP contribution in [0.2, 0.25) is 0 Å². The second-order valence-corrected chi connectivity index (χ2v) is 10.6. The number of carbonyl (C=O) groups is 2. The Morgan fingerprint density at radius 2 is 1.71 bits per heavy atom. The van der Waals surface area contributed by atoms with Crippen molar-refractivity contribution < 1.29 is 14.3 Å². The van der Waals surface area contributed by atoms with Crippen LogP contribution < -0.4 is 16.0 Å². The monoisotopic (exact) mass is 525 g/mol. The highest BCUT2D eigenvalue weighted by Gasteiger charge is 2.26. The lowest BCUT2D eigenvalue weighted by molar-refractivity contribution is -0.113. The third-order valence-electron chi connectivity index (χ3n) is 5.56. The average molecular weight is 526 g/mol. The summed E-state index contributed by atoms with van der Waals surface area (Å²) in [7, 11) is 1.38. The number of anilines is 3. The van der Waals surface area contributed by atoms with E-state index in [1.54, 1.807) is 0 Å². The van der Waals surface area contributed by atoms with E-state index in [-0.39, 0.29) is 17.6 Å². The Labute approximate surface area is 218 Å².